The van der Waals surface area contributed by atoms with E-state index in [1.165, 1.54) is 0 Å². The molecule has 0 saturated heterocycles. The van der Waals surface area contributed by atoms with Crippen LogP contribution < -0.4 is 4.74 Å². The van der Waals surface area contributed by atoms with E-state index in [4.69, 9.17) is 4.74 Å². The second-order valence-corrected chi connectivity index (χ2v) is 7.48. The number of rotatable bonds is 3. The van der Waals surface area contributed by atoms with E-state index in [2.05, 4.69) is 20.9 Å². The standard InChI is InChI=1S/C8H11BrNO2P/c1-13(2,11)6-12-8-4-3-7(9)5-10-8/h3-5H,6H2,1-2H3. The van der Waals surface area contributed by atoms with Gasteiger partial charge in [-0.2, -0.15) is 0 Å². The smallest absolute Gasteiger partial charge is 0.213 e. The Morgan fingerprint density at radius 2 is 2.23 bits per heavy atom. The highest BCUT2D eigenvalue weighted by molar-refractivity contribution is 9.10. The van der Waals surface area contributed by atoms with E-state index >= 15 is 0 Å². The van der Waals surface area contributed by atoms with Crippen LogP contribution >= 0.6 is 23.1 Å². The minimum atomic E-state index is -2.12. The van der Waals surface area contributed by atoms with E-state index < -0.39 is 7.14 Å². The Labute approximate surface area is 86.0 Å². The number of halogens is 1. The fourth-order valence-corrected chi connectivity index (χ4v) is 1.35. The summed E-state index contributed by atoms with van der Waals surface area (Å²) in [5.74, 6) is 0.507. The van der Waals surface area contributed by atoms with Gasteiger partial charge in [0.1, 0.15) is 13.5 Å². The molecule has 1 aromatic heterocycles. The first kappa shape index (κ1) is 10.7. The molecule has 0 aliphatic heterocycles. The van der Waals surface area contributed by atoms with E-state index in [-0.39, 0.29) is 6.35 Å². The summed E-state index contributed by atoms with van der Waals surface area (Å²) in [6.07, 6.45) is 1.88. The predicted molar refractivity (Wildman–Crippen MR) is 56.9 cm³/mol. The third-order valence-corrected chi connectivity index (χ3v) is 2.44. The Morgan fingerprint density at radius 3 is 2.69 bits per heavy atom. The Kier molecular flexibility index (Phi) is 3.51. The summed E-state index contributed by atoms with van der Waals surface area (Å²) in [7, 11) is -2.12. The summed E-state index contributed by atoms with van der Waals surface area (Å²) in [6, 6.07) is 3.57. The maximum atomic E-state index is 11.3. The molecule has 0 unspecified atom stereocenters. The van der Waals surface area contributed by atoms with Crippen LogP contribution in [0.25, 0.3) is 0 Å². The Hall–Kier alpha value is -0.340. The zero-order chi connectivity index (χ0) is 9.90. The van der Waals surface area contributed by atoms with E-state index in [1.54, 1.807) is 25.6 Å². The van der Waals surface area contributed by atoms with Gasteiger partial charge in [-0.3, -0.25) is 0 Å². The molecule has 13 heavy (non-hydrogen) atoms. The summed E-state index contributed by atoms with van der Waals surface area (Å²) in [5, 5.41) is 0. The predicted octanol–water partition coefficient (Wildman–Crippen LogP) is 2.80. The molecule has 0 aliphatic rings. The lowest BCUT2D eigenvalue weighted by molar-refractivity contribution is 0.363. The van der Waals surface area contributed by atoms with Gasteiger partial charge in [0, 0.05) is 16.7 Å². The van der Waals surface area contributed by atoms with Crippen LogP contribution in [0, 0.1) is 0 Å². The highest BCUT2D eigenvalue weighted by atomic mass is 79.9. The van der Waals surface area contributed by atoms with Crippen molar-refractivity contribution in [2.75, 3.05) is 19.7 Å². The SMILES string of the molecule is CP(C)(=O)COc1ccc(Br)cn1. The van der Waals surface area contributed by atoms with Gasteiger partial charge < -0.3 is 9.30 Å². The van der Waals surface area contributed by atoms with Gasteiger partial charge in [-0.1, -0.05) is 0 Å². The quantitative estimate of drug-likeness (QED) is 0.788. The number of ether oxygens (including phenoxy) is 1. The van der Waals surface area contributed by atoms with Crippen LogP contribution in [0.15, 0.2) is 22.8 Å². The molecule has 0 bridgehead atoms. The Morgan fingerprint density at radius 1 is 1.54 bits per heavy atom. The largest absolute Gasteiger partial charge is 0.470 e. The number of nitrogens with zero attached hydrogens (tertiary/aromatic N) is 1. The minimum absolute atomic E-state index is 0.238. The maximum Gasteiger partial charge on any atom is 0.213 e. The highest BCUT2D eigenvalue weighted by Crippen LogP contribution is 2.35. The fourth-order valence-electron chi connectivity index (χ4n) is 0.669. The van der Waals surface area contributed by atoms with Crippen LogP contribution in [0.3, 0.4) is 0 Å². The van der Waals surface area contributed by atoms with Crippen LogP contribution in [0.4, 0.5) is 0 Å². The van der Waals surface area contributed by atoms with E-state index in [0.717, 1.165) is 4.47 Å². The number of hydrogen-bond acceptors (Lipinski definition) is 3. The second kappa shape index (κ2) is 4.25. The molecule has 3 nitrogen and oxygen atoms in total. The molecule has 0 aliphatic carbocycles. The average Bonchev–Trinajstić information content (AvgIpc) is 2.02. The lowest BCUT2D eigenvalue weighted by Crippen LogP contribution is -1.98. The molecule has 0 spiro atoms. The fraction of sp³-hybridized carbons (Fsp3) is 0.375. The van der Waals surface area contributed by atoms with Crippen molar-refractivity contribution in [2.24, 2.45) is 0 Å². The molecular formula is C8H11BrNO2P. The molecule has 0 amide bonds. The van der Waals surface area contributed by atoms with Crippen molar-refractivity contribution in [1.29, 1.82) is 0 Å². The van der Waals surface area contributed by atoms with Crippen LogP contribution in [-0.4, -0.2) is 24.7 Å². The third kappa shape index (κ3) is 4.44. The normalized spacial score (nSPS) is 11.3. The summed E-state index contributed by atoms with van der Waals surface area (Å²) in [6.45, 7) is 3.37. The summed E-state index contributed by atoms with van der Waals surface area (Å²) < 4.78 is 17.4. The monoisotopic (exact) mass is 263 g/mol. The molecule has 1 rings (SSSR count). The first-order chi connectivity index (χ1) is 5.97. The lowest BCUT2D eigenvalue weighted by Gasteiger charge is -2.07. The molecule has 0 atom stereocenters. The van der Waals surface area contributed by atoms with Crippen molar-refractivity contribution in [2.45, 2.75) is 0 Å². The molecular weight excluding hydrogens is 253 g/mol. The zero-order valence-corrected chi connectivity index (χ0v) is 10.0. The van der Waals surface area contributed by atoms with Gasteiger partial charge in [-0.25, -0.2) is 4.98 Å². The van der Waals surface area contributed by atoms with Crippen molar-refractivity contribution in [3.05, 3.63) is 22.8 Å². The third-order valence-electron chi connectivity index (χ3n) is 1.22. The molecule has 0 aromatic carbocycles. The van der Waals surface area contributed by atoms with Crippen LogP contribution in [0.5, 0.6) is 5.88 Å². The lowest BCUT2D eigenvalue weighted by atomic mass is 10.5. The summed E-state index contributed by atoms with van der Waals surface area (Å²) in [5.41, 5.74) is 0. The molecule has 72 valence electrons. The van der Waals surface area contributed by atoms with Gasteiger partial charge in [0.05, 0.1) is 0 Å². The van der Waals surface area contributed by atoms with Crippen molar-refractivity contribution in [1.82, 2.24) is 4.98 Å². The van der Waals surface area contributed by atoms with E-state index in [0.29, 0.717) is 5.88 Å². The van der Waals surface area contributed by atoms with E-state index in [9.17, 15) is 4.57 Å². The molecule has 1 heterocycles. The van der Waals surface area contributed by atoms with E-state index in [1.807, 2.05) is 6.07 Å². The topological polar surface area (TPSA) is 39.2 Å². The van der Waals surface area contributed by atoms with Crippen molar-refractivity contribution in [3.63, 3.8) is 0 Å². The van der Waals surface area contributed by atoms with Crippen molar-refractivity contribution in [3.8, 4) is 5.88 Å². The van der Waals surface area contributed by atoms with Gasteiger partial charge >= 0.3 is 0 Å². The molecule has 5 heteroatoms. The number of hydrogen-bond donors (Lipinski definition) is 0. The summed E-state index contributed by atoms with van der Waals surface area (Å²) in [4.78, 5) is 3.99. The van der Waals surface area contributed by atoms with Crippen LogP contribution in [0.2, 0.25) is 0 Å². The van der Waals surface area contributed by atoms with Gasteiger partial charge in [-0.05, 0) is 35.3 Å². The molecule has 0 N–H and O–H groups in total. The van der Waals surface area contributed by atoms with Crippen molar-refractivity contribution >= 4 is 23.1 Å². The molecule has 0 saturated carbocycles. The average molecular weight is 264 g/mol. The molecule has 0 radical (unpaired) electrons. The van der Waals surface area contributed by atoms with Gasteiger partial charge in [0.25, 0.3) is 0 Å². The maximum absolute atomic E-state index is 11.3. The van der Waals surface area contributed by atoms with Gasteiger partial charge in [0.15, 0.2) is 0 Å². The molecule has 1 aromatic rings. The Balaban J connectivity index is 2.56. The molecule has 0 fully saturated rings. The number of pyridine rings is 1. The van der Waals surface area contributed by atoms with Crippen LogP contribution in [0.1, 0.15) is 0 Å². The Bertz CT molecular complexity index is 319. The van der Waals surface area contributed by atoms with Crippen molar-refractivity contribution < 1.29 is 9.30 Å². The van der Waals surface area contributed by atoms with Gasteiger partial charge in [0.2, 0.25) is 5.88 Å². The minimum Gasteiger partial charge on any atom is -0.470 e. The first-order valence-electron chi connectivity index (χ1n) is 3.76. The first-order valence-corrected chi connectivity index (χ1v) is 7.34. The van der Waals surface area contributed by atoms with Crippen LogP contribution in [-0.2, 0) is 4.57 Å². The van der Waals surface area contributed by atoms with Gasteiger partial charge in [-0.15, -0.1) is 0 Å². The number of aromatic nitrogens is 1. The second-order valence-electron chi connectivity index (χ2n) is 3.16. The summed E-state index contributed by atoms with van der Waals surface area (Å²) >= 11 is 3.26. The zero-order valence-electron chi connectivity index (χ0n) is 7.53. The highest BCUT2D eigenvalue weighted by Gasteiger charge is 2.07.